The molecule has 0 fully saturated rings. The van der Waals surface area contributed by atoms with Gasteiger partial charge in [0.15, 0.2) is 5.65 Å². The molecular weight excluding hydrogens is 338 g/mol. The molecule has 0 spiro atoms. The highest BCUT2D eigenvalue weighted by Crippen LogP contribution is 2.25. The summed E-state index contributed by atoms with van der Waals surface area (Å²) in [6.07, 6.45) is 7.55. The zero-order valence-corrected chi connectivity index (χ0v) is 14.4. The molecular formula is C15H21BrClN3. The quantitative estimate of drug-likeness (QED) is 0.508. The van der Waals surface area contributed by atoms with Crippen LogP contribution in [0.15, 0.2) is 16.7 Å². The van der Waals surface area contributed by atoms with Crippen molar-refractivity contribution in [1.29, 1.82) is 0 Å². The van der Waals surface area contributed by atoms with Crippen molar-refractivity contribution in [2.24, 2.45) is 0 Å². The maximum absolute atomic E-state index is 5.92. The van der Waals surface area contributed by atoms with Crippen LogP contribution in [0.4, 0.5) is 0 Å². The van der Waals surface area contributed by atoms with E-state index in [1.807, 2.05) is 12.3 Å². The van der Waals surface area contributed by atoms with E-state index < -0.39 is 0 Å². The Morgan fingerprint density at radius 2 is 2.20 bits per heavy atom. The van der Waals surface area contributed by atoms with Gasteiger partial charge in [0.25, 0.3) is 0 Å². The van der Waals surface area contributed by atoms with Gasteiger partial charge >= 0.3 is 0 Å². The molecule has 0 N–H and O–H groups in total. The van der Waals surface area contributed by atoms with Crippen molar-refractivity contribution in [1.82, 2.24) is 14.5 Å². The third-order valence-corrected chi connectivity index (χ3v) is 4.18. The molecule has 20 heavy (non-hydrogen) atoms. The standard InChI is InChI=1S/C15H21BrClN3/c1-3-4-5-6-11(2)20-14(7-8-17)19-13-9-12(16)10-18-15(13)20/h9-11H,3-8H2,1-2H3. The van der Waals surface area contributed by atoms with Gasteiger partial charge in [-0.05, 0) is 35.3 Å². The highest BCUT2D eigenvalue weighted by atomic mass is 79.9. The molecule has 2 heterocycles. The van der Waals surface area contributed by atoms with Crippen LogP contribution in [-0.2, 0) is 6.42 Å². The van der Waals surface area contributed by atoms with Gasteiger partial charge in [-0.15, -0.1) is 11.6 Å². The van der Waals surface area contributed by atoms with Gasteiger partial charge in [0.05, 0.1) is 0 Å². The second-order valence-corrected chi connectivity index (χ2v) is 6.47. The van der Waals surface area contributed by atoms with Crippen molar-refractivity contribution in [3.63, 3.8) is 0 Å². The Balaban J connectivity index is 2.34. The van der Waals surface area contributed by atoms with Crippen LogP contribution in [0.3, 0.4) is 0 Å². The van der Waals surface area contributed by atoms with Gasteiger partial charge in [-0.25, -0.2) is 9.97 Å². The molecule has 0 saturated heterocycles. The lowest BCUT2D eigenvalue weighted by Crippen LogP contribution is -2.10. The zero-order valence-electron chi connectivity index (χ0n) is 12.1. The molecule has 0 aliphatic heterocycles. The summed E-state index contributed by atoms with van der Waals surface area (Å²) in [6.45, 7) is 4.48. The van der Waals surface area contributed by atoms with Crippen molar-refractivity contribution in [3.8, 4) is 0 Å². The number of hydrogen-bond donors (Lipinski definition) is 0. The number of rotatable bonds is 7. The molecule has 3 nitrogen and oxygen atoms in total. The van der Waals surface area contributed by atoms with Crippen molar-refractivity contribution in [2.75, 3.05) is 5.88 Å². The Morgan fingerprint density at radius 1 is 1.40 bits per heavy atom. The summed E-state index contributed by atoms with van der Waals surface area (Å²) in [5.74, 6) is 1.64. The van der Waals surface area contributed by atoms with Gasteiger partial charge in [-0.1, -0.05) is 26.2 Å². The van der Waals surface area contributed by atoms with Crippen molar-refractivity contribution in [3.05, 3.63) is 22.6 Å². The minimum Gasteiger partial charge on any atom is -0.310 e. The first-order valence-corrected chi connectivity index (χ1v) is 8.58. The summed E-state index contributed by atoms with van der Waals surface area (Å²) < 4.78 is 3.23. The van der Waals surface area contributed by atoms with Crippen LogP contribution >= 0.6 is 27.5 Å². The smallest absolute Gasteiger partial charge is 0.160 e. The highest BCUT2D eigenvalue weighted by Gasteiger charge is 2.16. The lowest BCUT2D eigenvalue weighted by Gasteiger charge is -2.16. The first kappa shape index (κ1) is 15.8. The van der Waals surface area contributed by atoms with Crippen LogP contribution in [0.25, 0.3) is 11.2 Å². The normalized spacial score (nSPS) is 13.0. The minimum absolute atomic E-state index is 0.415. The van der Waals surface area contributed by atoms with Gasteiger partial charge in [-0.3, -0.25) is 0 Å². The molecule has 0 aromatic carbocycles. The molecule has 2 rings (SSSR count). The molecule has 0 bridgehead atoms. The van der Waals surface area contributed by atoms with Crippen molar-refractivity contribution < 1.29 is 0 Å². The summed E-state index contributed by atoms with van der Waals surface area (Å²) in [4.78, 5) is 9.24. The molecule has 0 saturated carbocycles. The predicted molar refractivity (Wildman–Crippen MR) is 88.5 cm³/mol. The monoisotopic (exact) mass is 357 g/mol. The average molecular weight is 359 g/mol. The number of fused-ring (bicyclic) bond motifs is 1. The van der Waals surface area contributed by atoms with Gasteiger partial charge in [0, 0.05) is 29.0 Å². The van der Waals surface area contributed by atoms with E-state index in [1.165, 1.54) is 19.3 Å². The van der Waals surface area contributed by atoms with E-state index in [1.54, 1.807) is 0 Å². The number of alkyl halides is 1. The molecule has 2 aromatic rings. The van der Waals surface area contributed by atoms with Crippen LogP contribution in [0, 0.1) is 0 Å². The molecule has 0 aliphatic carbocycles. The molecule has 0 amide bonds. The number of nitrogens with zero attached hydrogens (tertiary/aromatic N) is 3. The Kier molecular flexibility index (Phi) is 5.85. The molecule has 1 unspecified atom stereocenters. The number of unbranched alkanes of at least 4 members (excludes halogenated alkanes) is 2. The maximum atomic E-state index is 5.92. The molecule has 2 aromatic heterocycles. The van der Waals surface area contributed by atoms with Gasteiger partial charge in [0.1, 0.15) is 11.3 Å². The first-order valence-electron chi connectivity index (χ1n) is 7.25. The number of hydrogen-bond acceptors (Lipinski definition) is 2. The van der Waals surface area contributed by atoms with E-state index in [2.05, 4.69) is 39.3 Å². The zero-order chi connectivity index (χ0) is 14.5. The van der Waals surface area contributed by atoms with E-state index in [0.29, 0.717) is 11.9 Å². The van der Waals surface area contributed by atoms with Crippen LogP contribution in [0.5, 0.6) is 0 Å². The van der Waals surface area contributed by atoms with E-state index >= 15 is 0 Å². The number of imidazole rings is 1. The van der Waals surface area contributed by atoms with Crippen LogP contribution in [0.1, 0.15) is 51.4 Å². The number of pyridine rings is 1. The van der Waals surface area contributed by atoms with Crippen molar-refractivity contribution >= 4 is 38.7 Å². The van der Waals surface area contributed by atoms with Gasteiger partial charge in [-0.2, -0.15) is 0 Å². The third-order valence-electron chi connectivity index (χ3n) is 3.55. The van der Waals surface area contributed by atoms with Crippen LogP contribution in [-0.4, -0.2) is 20.4 Å². The van der Waals surface area contributed by atoms with E-state index in [-0.39, 0.29) is 0 Å². The molecule has 0 aliphatic rings. The summed E-state index contributed by atoms with van der Waals surface area (Å²) in [5.41, 5.74) is 1.92. The maximum Gasteiger partial charge on any atom is 0.160 e. The number of halogens is 2. The third kappa shape index (κ3) is 3.53. The summed E-state index contributed by atoms with van der Waals surface area (Å²) in [5, 5.41) is 0. The summed E-state index contributed by atoms with van der Waals surface area (Å²) >= 11 is 9.37. The number of aromatic nitrogens is 3. The Morgan fingerprint density at radius 3 is 2.90 bits per heavy atom. The summed E-state index contributed by atoms with van der Waals surface area (Å²) in [6, 6.07) is 2.44. The van der Waals surface area contributed by atoms with E-state index in [9.17, 15) is 0 Å². The van der Waals surface area contributed by atoms with Gasteiger partial charge in [0.2, 0.25) is 0 Å². The Hall–Kier alpha value is -0.610. The topological polar surface area (TPSA) is 30.7 Å². The van der Waals surface area contributed by atoms with Crippen LogP contribution in [0.2, 0.25) is 0 Å². The minimum atomic E-state index is 0.415. The second-order valence-electron chi connectivity index (χ2n) is 5.18. The van der Waals surface area contributed by atoms with Crippen molar-refractivity contribution in [2.45, 2.75) is 52.0 Å². The second kappa shape index (κ2) is 7.41. The Labute approximate surface area is 133 Å². The summed E-state index contributed by atoms with van der Waals surface area (Å²) in [7, 11) is 0. The molecule has 1 atom stereocenters. The molecule has 5 heteroatoms. The van der Waals surface area contributed by atoms with E-state index in [4.69, 9.17) is 16.6 Å². The fraction of sp³-hybridized carbons (Fsp3) is 0.600. The average Bonchev–Trinajstić information content (AvgIpc) is 2.76. The predicted octanol–water partition coefficient (Wildman–Crippen LogP) is 5.12. The lowest BCUT2D eigenvalue weighted by molar-refractivity contribution is 0.472. The number of aryl methyl sites for hydroxylation is 1. The van der Waals surface area contributed by atoms with E-state index in [0.717, 1.165) is 34.3 Å². The lowest BCUT2D eigenvalue weighted by atomic mass is 10.1. The SMILES string of the molecule is CCCCCC(C)n1c(CCCl)nc2cc(Br)cnc21. The van der Waals surface area contributed by atoms with Gasteiger partial charge < -0.3 is 4.57 Å². The first-order chi connectivity index (χ1) is 9.67. The largest absolute Gasteiger partial charge is 0.310 e. The van der Waals surface area contributed by atoms with Crippen LogP contribution < -0.4 is 0 Å². The Bertz CT molecular complexity index is 567. The fourth-order valence-corrected chi connectivity index (χ4v) is 3.04. The fourth-order valence-electron chi connectivity index (χ4n) is 2.55. The molecule has 110 valence electrons. The molecule has 0 radical (unpaired) electrons. The highest BCUT2D eigenvalue weighted by molar-refractivity contribution is 9.10.